The highest BCUT2D eigenvalue weighted by Crippen LogP contribution is 2.26. The zero-order chi connectivity index (χ0) is 10.8. The average molecular weight is 279 g/mol. The highest BCUT2D eigenvalue weighted by molar-refractivity contribution is 9.10. The molecule has 1 aromatic rings. The zero-order valence-corrected chi connectivity index (χ0v) is 10.3. The molecule has 1 atom stereocenters. The maximum Gasteiger partial charge on any atom is 0.264 e. The Labute approximate surface area is 92.3 Å². The van der Waals surface area contributed by atoms with Gasteiger partial charge in [0, 0.05) is 4.47 Å². The van der Waals surface area contributed by atoms with Crippen molar-refractivity contribution in [1.82, 2.24) is 0 Å². The van der Waals surface area contributed by atoms with Gasteiger partial charge in [-0.05, 0) is 18.6 Å². The van der Waals surface area contributed by atoms with Gasteiger partial charge in [0.2, 0.25) is 0 Å². The van der Waals surface area contributed by atoms with Crippen LogP contribution < -0.4 is 0 Å². The van der Waals surface area contributed by atoms with Crippen LogP contribution >= 0.6 is 15.9 Å². The number of halogens is 1. The molecule has 78 valence electrons. The Morgan fingerprint density at radius 2 is 1.93 bits per heavy atom. The molecular weight excluding hydrogens is 268 g/mol. The van der Waals surface area contributed by atoms with E-state index in [9.17, 15) is 8.42 Å². The molecule has 0 aliphatic heterocycles. The molecule has 1 unspecified atom stereocenters. The normalized spacial score (nSPS) is 13.9. The van der Waals surface area contributed by atoms with Crippen LogP contribution in [0.3, 0.4) is 0 Å². The molecular formula is C9H11BrO3S. The summed E-state index contributed by atoms with van der Waals surface area (Å²) in [4.78, 5) is 0. The predicted octanol–water partition coefficient (Wildman–Crippen LogP) is 2.49. The van der Waals surface area contributed by atoms with Crippen molar-refractivity contribution in [3.63, 3.8) is 0 Å². The lowest BCUT2D eigenvalue weighted by Crippen LogP contribution is -2.07. The second kappa shape index (κ2) is 4.42. The molecule has 0 saturated heterocycles. The van der Waals surface area contributed by atoms with Crippen LogP contribution in [0.2, 0.25) is 0 Å². The Hall–Kier alpha value is -0.390. The Bertz CT molecular complexity index is 414. The molecule has 3 nitrogen and oxygen atoms in total. The van der Waals surface area contributed by atoms with Gasteiger partial charge in [0.1, 0.15) is 6.10 Å². The van der Waals surface area contributed by atoms with E-state index in [2.05, 4.69) is 15.9 Å². The van der Waals surface area contributed by atoms with Crippen molar-refractivity contribution in [1.29, 1.82) is 0 Å². The highest BCUT2D eigenvalue weighted by Gasteiger charge is 2.14. The van der Waals surface area contributed by atoms with E-state index in [0.29, 0.717) is 0 Å². The van der Waals surface area contributed by atoms with Gasteiger partial charge < -0.3 is 0 Å². The van der Waals surface area contributed by atoms with Crippen molar-refractivity contribution in [2.45, 2.75) is 13.0 Å². The summed E-state index contributed by atoms with van der Waals surface area (Å²) in [7, 11) is -3.41. The molecule has 1 rings (SSSR count). The van der Waals surface area contributed by atoms with Crippen molar-refractivity contribution >= 4 is 26.0 Å². The van der Waals surface area contributed by atoms with Gasteiger partial charge in [-0.3, -0.25) is 4.18 Å². The van der Waals surface area contributed by atoms with E-state index in [0.717, 1.165) is 16.3 Å². The largest absolute Gasteiger partial charge is 0.264 e. The molecule has 0 radical (unpaired) electrons. The summed E-state index contributed by atoms with van der Waals surface area (Å²) in [6.45, 7) is 1.70. The van der Waals surface area contributed by atoms with Gasteiger partial charge in [-0.1, -0.05) is 34.1 Å². The van der Waals surface area contributed by atoms with Crippen molar-refractivity contribution in [2.75, 3.05) is 6.26 Å². The number of hydrogen-bond donors (Lipinski definition) is 0. The molecule has 0 heterocycles. The first kappa shape index (κ1) is 11.7. The molecule has 0 aliphatic carbocycles. The first-order valence-electron chi connectivity index (χ1n) is 4.03. The van der Waals surface area contributed by atoms with E-state index >= 15 is 0 Å². The molecule has 0 aromatic heterocycles. The third kappa shape index (κ3) is 3.40. The molecule has 0 aliphatic rings. The maximum atomic E-state index is 10.9. The Morgan fingerprint density at radius 3 is 2.43 bits per heavy atom. The average Bonchev–Trinajstić information content (AvgIpc) is 2.01. The standard InChI is InChI=1S/C9H11BrO3S/c1-7(13-14(2,11)12)8-5-3-4-6-9(8)10/h3-7H,1-2H3. The second-order valence-corrected chi connectivity index (χ2v) is 5.42. The summed E-state index contributed by atoms with van der Waals surface area (Å²) in [5.41, 5.74) is 0.818. The smallest absolute Gasteiger partial charge is 0.262 e. The first-order valence-corrected chi connectivity index (χ1v) is 6.64. The minimum atomic E-state index is -3.41. The van der Waals surface area contributed by atoms with E-state index < -0.39 is 16.2 Å². The van der Waals surface area contributed by atoms with Gasteiger partial charge >= 0.3 is 0 Å². The topological polar surface area (TPSA) is 43.4 Å². The minimum Gasteiger partial charge on any atom is -0.262 e. The van der Waals surface area contributed by atoms with Gasteiger partial charge in [0.15, 0.2) is 0 Å². The van der Waals surface area contributed by atoms with Crippen molar-refractivity contribution in [2.24, 2.45) is 0 Å². The van der Waals surface area contributed by atoms with Crippen LogP contribution in [0.15, 0.2) is 28.7 Å². The van der Waals surface area contributed by atoms with Crippen LogP contribution in [0.1, 0.15) is 18.6 Å². The molecule has 0 saturated carbocycles. The first-order chi connectivity index (χ1) is 6.40. The highest BCUT2D eigenvalue weighted by atomic mass is 79.9. The fourth-order valence-electron chi connectivity index (χ4n) is 1.12. The monoisotopic (exact) mass is 278 g/mol. The zero-order valence-electron chi connectivity index (χ0n) is 7.90. The van der Waals surface area contributed by atoms with Crippen LogP contribution in [-0.2, 0) is 14.3 Å². The minimum absolute atomic E-state index is 0.472. The summed E-state index contributed by atoms with van der Waals surface area (Å²) in [5, 5.41) is 0. The van der Waals surface area contributed by atoms with Crippen molar-refractivity contribution in [3.05, 3.63) is 34.3 Å². The molecule has 0 spiro atoms. The number of benzene rings is 1. The van der Waals surface area contributed by atoms with Gasteiger partial charge in [-0.2, -0.15) is 8.42 Å². The molecule has 0 bridgehead atoms. The third-order valence-corrected chi connectivity index (χ3v) is 3.02. The number of hydrogen-bond acceptors (Lipinski definition) is 3. The maximum absolute atomic E-state index is 10.9. The lowest BCUT2D eigenvalue weighted by atomic mass is 10.1. The summed E-state index contributed by atoms with van der Waals surface area (Å²) in [5.74, 6) is 0. The van der Waals surface area contributed by atoms with E-state index in [4.69, 9.17) is 4.18 Å². The van der Waals surface area contributed by atoms with Gasteiger partial charge in [0.05, 0.1) is 6.26 Å². The van der Waals surface area contributed by atoms with Gasteiger partial charge in [0.25, 0.3) is 10.1 Å². The van der Waals surface area contributed by atoms with E-state index in [1.54, 1.807) is 6.92 Å². The molecule has 0 N–H and O–H groups in total. The van der Waals surface area contributed by atoms with Crippen LogP contribution in [0.4, 0.5) is 0 Å². The Kier molecular flexibility index (Phi) is 3.69. The van der Waals surface area contributed by atoms with Crippen molar-refractivity contribution < 1.29 is 12.6 Å². The number of rotatable bonds is 3. The SMILES string of the molecule is CC(OS(C)(=O)=O)c1ccccc1Br. The van der Waals surface area contributed by atoms with Gasteiger partial charge in [-0.25, -0.2) is 0 Å². The Morgan fingerprint density at radius 1 is 1.36 bits per heavy atom. The lowest BCUT2D eigenvalue weighted by molar-refractivity contribution is 0.236. The van der Waals surface area contributed by atoms with Crippen molar-refractivity contribution in [3.8, 4) is 0 Å². The summed E-state index contributed by atoms with van der Waals surface area (Å²) in [6, 6.07) is 7.36. The van der Waals surface area contributed by atoms with E-state index in [-0.39, 0.29) is 0 Å². The van der Waals surface area contributed by atoms with Crippen LogP contribution in [0, 0.1) is 0 Å². The van der Waals surface area contributed by atoms with Crippen LogP contribution in [-0.4, -0.2) is 14.7 Å². The quantitative estimate of drug-likeness (QED) is 0.798. The molecule has 1 aromatic carbocycles. The fraction of sp³-hybridized carbons (Fsp3) is 0.333. The molecule has 0 fully saturated rings. The summed E-state index contributed by atoms with van der Waals surface area (Å²) in [6.07, 6.45) is 0.570. The summed E-state index contributed by atoms with van der Waals surface area (Å²) >= 11 is 3.33. The van der Waals surface area contributed by atoms with Crippen LogP contribution in [0.5, 0.6) is 0 Å². The second-order valence-electron chi connectivity index (χ2n) is 2.96. The van der Waals surface area contributed by atoms with E-state index in [1.165, 1.54) is 0 Å². The predicted molar refractivity (Wildman–Crippen MR) is 58.5 cm³/mol. The van der Waals surface area contributed by atoms with Gasteiger partial charge in [-0.15, -0.1) is 0 Å². The van der Waals surface area contributed by atoms with Crippen LogP contribution in [0.25, 0.3) is 0 Å². The third-order valence-electron chi connectivity index (χ3n) is 1.66. The lowest BCUT2D eigenvalue weighted by Gasteiger charge is -2.12. The molecule has 0 amide bonds. The van der Waals surface area contributed by atoms with E-state index in [1.807, 2.05) is 24.3 Å². The molecule has 14 heavy (non-hydrogen) atoms. The Balaban J connectivity index is 2.90. The summed E-state index contributed by atoms with van der Waals surface area (Å²) < 4.78 is 27.5. The fourth-order valence-corrected chi connectivity index (χ4v) is 2.35. The molecule has 5 heteroatoms.